The molecular formula is C24H26ClF3N4O5. The van der Waals surface area contributed by atoms with Gasteiger partial charge in [-0.15, -0.1) is 0 Å². The number of nitrogens with zero attached hydrogens (tertiary/aromatic N) is 4. The zero-order valence-electron chi connectivity index (χ0n) is 19.8. The third-order valence-corrected chi connectivity index (χ3v) is 7.66. The molecule has 9 nitrogen and oxygen atoms in total. The van der Waals surface area contributed by atoms with Crippen molar-refractivity contribution in [2.75, 3.05) is 26.2 Å². The number of fused-ring (bicyclic) bond motifs is 1. The van der Waals surface area contributed by atoms with E-state index in [4.69, 9.17) is 21.4 Å². The van der Waals surface area contributed by atoms with E-state index in [-0.39, 0.29) is 54.5 Å². The fourth-order valence-corrected chi connectivity index (χ4v) is 5.47. The van der Waals surface area contributed by atoms with Crippen LogP contribution in [0.1, 0.15) is 66.1 Å². The summed E-state index contributed by atoms with van der Waals surface area (Å²) >= 11 is 6.38. The summed E-state index contributed by atoms with van der Waals surface area (Å²) in [6.45, 7) is -0.458. The number of aliphatic hydroxyl groups excluding tert-OH is 1. The van der Waals surface area contributed by atoms with Gasteiger partial charge in [0.15, 0.2) is 11.3 Å². The number of esters is 1. The summed E-state index contributed by atoms with van der Waals surface area (Å²) in [5.41, 5.74) is -1.19. The first kappa shape index (κ1) is 25.8. The van der Waals surface area contributed by atoms with Gasteiger partial charge in [0.1, 0.15) is 24.4 Å². The number of halogens is 4. The van der Waals surface area contributed by atoms with Gasteiger partial charge in [0.05, 0.1) is 5.56 Å². The minimum absolute atomic E-state index is 0.0330. The van der Waals surface area contributed by atoms with E-state index in [0.717, 1.165) is 23.3 Å². The number of aliphatic hydroxyl groups is 1. The van der Waals surface area contributed by atoms with Crippen LogP contribution in [0.15, 0.2) is 12.3 Å². The number of imidazole rings is 1. The van der Waals surface area contributed by atoms with Gasteiger partial charge in [0.2, 0.25) is 5.91 Å². The molecule has 2 aliphatic carbocycles. The number of rotatable bonds is 5. The fraction of sp³-hybridized carbons (Fsp3) is 0.583. The average Bonchev–Trinajstić information content (AvgIpc) is 3.67. The van der Waals surface area contributed by atoms with Crippen LogP contribution in [0.5, 0.6) is 0 Å². The second-order valence-electron chi connectivity index (χ2n) is 9.80. The maximum Gasteiger partial charge on any atom is 0.419 e. The largest absolute Gasteiger partial charge is 0.461 e. The molecule has 1 aliphatic heterocycles. The topological polar surface area (TPSA) is 104 Å². The first-order valence-corrected chi connectivity index (χ1v) is 12.6. The Labute approximate surface area is 215 Å². The van der Waals surface area contributed by atoms with Gasteiger partial charge in [-0.05, 0) is 56.1 Å². The van der Waals surface area contributed by atoms with Crippen molar-refractivity contribution < 1.29 is 37.4 Å². The van der Waals surface area contributed by atoms with E-state index >= 15 is 0 Å². The molecule has 3 heterocycles. The molecule has 2 aromatic heterocycles. The molecule has 2 saturated carbocycles. The predicted molar refractivity (Wildman–Crippen MR) is 124 cm³/mol. The molecule has 200 valence electrons. The molecule has 2 amide bonds. The van der Waals surface area contributed by atoms with Crippen molar-refractivity contribution in [1.82, 2.24) is 19.2 Å². The minimum atomic E-state index is -4.67. The number of ether oxygens (including phenoxy) is 1. The van der Waals surface area contributed by atoms with Crippen LogP contribution in [0.2, 0.25) is 5.15 Å². The third-order valence-electron chi connectivity index (χ3n) is 7.30. The first-order valence-electron chi connectivity index (χ1n) is 12.2. The Balaban J connectivity index is 1.29. The average molecular weight is 543 g/mol. The summed E-state index contributed by atoms with van der Waals surface area (Å²) in [6, 6.07) is 1.01. The van der Waals surface area contributed by atoms with Gasteiger partial charge in [0.25, 0.3) is 5.91 Å². The Bertz CT molecular complexity index is 1240. The maximum atomic E-state index is 13.8. The summed E-state index contributed by atoms with van der Waals surface area (Å²) in [6.07, 6.45) is 0.479. The summed E-state index contributed by atoms with van der Waals surface area (Å²) < 4.78 is 47.6. The zero-order chi connectivity index (χ0) is 26.5. The molecule has 1 saturated heterocycles. The lowest BCUT2D eigenvalue weighted by molar-refractivity contribution is -0.155. The van der Waals surface area contributed by atoms with Crippen LogP contribution in [-0.2, 0) is 20.5 Å². The van der Waals surface area contributed by atoms with Crippen LogP contribution in [0, 0.1) is 0 Å². The molecule has 0 unspecified atom stereocenters. The molecule has 3 aliphatic rings. The normalized spacial score (nSPS) is 23.0. The molecule has 1 N–H and O–H groups in total. The van der Waals surface area contributed by atoms with Crippen molar-refractivity contribution in [3.05, 3.63) is 34.2 Å². The monoisotopic (exact) mass is 542 g/mol. The van der Waals surface area contributed by atoms with Crippen molar-refractivity contribution >= 4 is 35.0 Å². The van der Waals surface area contributed by atoms with Gasteiger partial charge in [0, 0.05) is 25.3 Å². The lowest BCUT2D eigenvalue weighted by atomic mass is 9.91. The van der Waals surface area contributed by atoms with Crippen LogP contribution in [0.3, 0.4) is 0 Å². The van der Waals surface area contributed by atoms with Crippen molar-refractivity contribution in [2.45, 2.75) is 62.8 Å². The Hall–Kier alpha value is -2.86. The number of amides is 2. The molecule has 0 bridgehead atoms. The molecule has 0 radical (unpaired) electrons. The summed E-state index contributed by atoms with van der Waals surface area (Å²) in [5, 5.41) is 8.62. The maximum absolute atomic E-state index is 13.8. The van der Waals surface area contributed by atoms with E-state index in [0.29, 0.717) is 31.2 Å². The van der Waals surface area contributed by atoms with Gasteiger partial charge in [-0.3, -0.25) is 14.0 Å². The zero-order valence-corrected chi connectivity index (χ0v) is 20.6. The van der Waals surface area contributed by atoms with E-state index in [1.54, 1.807) is 4.90 Å². The molecule has 37 heavy (non-hydrogen) atoms. The third kappa shape index (κ3) is 5.13. The summed E-state index contributed by atoms with van der Waals surface area (Å²) in [7, 11) is 0. The number of hydrogen-bond acceptors (Lipinski definition) is 6. The quantitative estimate of drug-likeness (QED) is 0.583. The standard InChI is InChI=1S/C24H26ClF3N4O5/c25-21-20(29-22-17(24(26,27)28)9-14(10-32(21)22)13-1-2-13)23(36)30-7-8-31(18(34)11-30)15-3-5-16(6-4-15)37-19(35)12-33/h9-10,13,15-16,33H,1-8,11-12H2. The number of carbonyl (C=O) groups is 3. The number of alkyl halides is 3. The molecule has 0 spiro atoms. The second-order valence-corrected chi connectivity index (χ2v) is 10.2. The molecule has 0 aromatic carbocycles. The summed E-state index contributed by atoms with van der Waals surface area (Å²) in [4.78, 5) is 44.4. The van der Waals surface area contributed by atoms with Crippen molar-refractivity contribution in [1.29, 1.82) is 0 Å². The van der Waals surface area contributed by atoms with Crippen LogP contribution < -0.4 is 0 Å². The Morgan fingerprint density at radius 3 is 2.43 bits per heavy atom. The van der Waals surface area contributed by atoms with Crippen LogP contribution in [0.4, 0.5) is 13.2 Å². The second kappa shape index (κ2) is 9.79. The molecule has 13 heteroatoms. The number of aromatic nitrogens is 2. The SMILES string of the molecule is O=C(CO)OC1CCC(N2CCN(C(=O)c3nc4c(C(F)(F)F)cc(C5CC5)cn4c3Cl)CC2=O)CC1. The highest BCUT2D eigenvalue weighted by atomic mass is 35.5. The Morgan fingerprint density at radius 1 is 1.14 bits per heavy atom. The Morgan fingerprint density at radius 2 is 1.84 bits per heavy atom. The molecule has 0 atom stereocenters. The highest BCUT2D eigenvalue weighted by Crippen LogP contribution is 2.43. The van der Waals surface area contributed by atoms with E-state index in [9.17, 15) is 27.6 Å². The molecule has 3 fully saturated rings. The number of hydrogen-bond donors (Lipinski definition) is 1. The summed E-state index contributed by atoms with van der Waals surface area (Å²) in [5.74, 6) is -1.61. The molecular weight excluding hydrogens is 517 g/mol. The number of piperazine rings is 1. The van der Waals surface area contributed by atoms with Crippen molar-refractivity contribution in [3.8, 4) is 0 Å². The van der Waals surface area contributed by atoms with Crippen molar-refractivity contribution in [2.24, 2.45) is 0 Å². The lowest BCUT2D eigenvalue weighted by Gasteiger charge is -2.41. The van der Waals surface area contributed by atoms with E-state index in [1.807, 2.05) is 0 Å². The van der Waals surface area contributed by atoms with E-state index in [1.165, 1.54) is 11.1 Å². The van der Waals surface area contributed by atoms with Crippen LogP contribution >= 0.6 is 11.6 Å². The smallest absolute Gasteiger partial charge is 0.419 e. The fourth-order valence-electron chi connectivity index (χ4n) is 5.22. The minimum Gasteiger partial charge on any atom is -0.461 e. The number of carbonyl (C=O) groups excluding carboxylic acids is 3. The number of pyridine rings is 1. The lowest BCUT2D eigenvalue weighted by Crippen LogP contribution is -2.56. The van der Waals surface area contributed by atoms with Gasteiger partial charge in [-0.2, -0.15) is 13.2 Å². The van der Waals surface area contributed by atoms with Gasteiger partial charge >= 0.3 is 12.1 Å². The highest BCUT2D eigenvalue weighted by molar-refractivity contribution is 6.33. The van der Waals surface area contributed by atoms with Crippen LogP contribution in [0.25, 0.3) is 5.65 Å². The van der Waals surface area contributed by atoms with E-state index in [2.05, 4.69) is 4.98 Å². The molecule has 2 aromatic rings. The van der Waals surface area contributed by atoms with Crippen LogP contribution in [-0.4, -0.2) is 80.5 Å². The highest BCUT2D eigenvalue weighted by Gasteiger charge is 2.39. The van der Waals surface area contributed by atoms with Crippen molar-refractivity contribution in [3.63, 3.8) is 0 Å². The Kier molecular flexibility index (Phi) is 6.82. The van der Waals surface area contributed by atoms with E-state index < -0.39 is 35.9 Å². The van der Waals surface area contributed by atoms with Gasteiger partial charge < -0.3 is 19.6 Å². The first-order chi connectivity index (χ1) is 17.6. The predicted octanol–water partition coefficient (Wildman–Crippen LogP) is 3.02. The molecule has 5 rings (SSSR count). The van der Waals surface area contributed by atoms with Gasteiger partial charge in [-0.1, -0.05) is 11.6 Å². The van der Waals surface area contributed by atoms with Gasteiger partial charge in [-0.25, -0.2) is 9.78 Å².